The van der Waals surface area contributed by atoms with Gasteiger partial charge in [-0.2, -0.15) is 5.10 Å². The van der Waals surface area contributed by atoms with Gasteiger partial charge in [0.15, 0.2) is 17.9 Å². The van der Waals surface area contributed by atoms with Gasteiger partial charge in [0.25, 0.3) is 0 Å². The van der Waals surface area contributed by atoms with Gasteiger partial charge in [0, 0.05) is 24.0 Å². The summed E-state index contributed by atoms with van der Waals surface area (Å²) in [4.78, 5) is 19.5. The molecule has 1 N–H and O–H groups in total. The minimum atomic E-state index is -2.00. The molecule has 1 aromatic carbocycles. The van der Waals surface area contributed by atoms with Crippen LogP contribution in [0, 0.1) is 5.82 Å². The van der Waals surface area contributed by atoms with Gasteiger partial charge in [0.05, 0.1) is 16.8 Å². The maximum Gasteiger partial charge on any atom is 0.165 e. The van der Waals surface area contributed by atoms with E-state index in [2.05, 4.69) is 15.1 Å². The van der Waals surface area contributed by atoms with Gasteiger partial charge < -0.3 is 9.84 Å². The summed E-state index contributed by atoms with van der Waals surface area (Å²) < 4.78 is 20.8. The Balaban J connectivity index is 2.08. The highest BCUT2D eigenvalue weighted by Gasteiger charge is 2.29. The first-order valence-electron chi connectivity index (χ1n) is 8.34. The predicted octanol–water partition coefficient (Wildman–Crippen LogP) is 2.10. The van der Waals surface area contributed by atoms with E-state index in [1.807, 2.05) is 13.8 Å². The molecule has 7 nitrogen and oxygen atoms in total. The summed E-state index contributed by atoms with van der Waals surface area (Å²) in [6.45, 7) is 3.90. The number of carbonyl (C=O) groups excluding carboxylic acids is 1. The number of rotatable bonds is 6. The van der Waals surface area contributed by atoms with Gasteiger partial charge in [0.2, 0.25) is 0 Å². The van der Waals surface area contributed by atoms with E-state index < -0.39 is 22.5 Å². The summed E-state index contributed by atoms with van der Waals surface area (Å²) in [5, 5.41) is 12.0. The molecule has 3 rings (SSSR count). The molecule has 0 fully saturated rings. The summed E-state index contributed by atoms with van der Waals surface area (Å²) in [5.41, 5.74) is 0.808. The molecular weight excluding hydrogens is 361 g/mol. The van der Waals surface area contributed by atoms with Gasteiger partial charge in [-0.05, 0) is 32.0 Å². The van der Waals surface area contributed by atoms with Crippen molar-refractivity contribution in [2.75, 3.05) is 0 Å². The smallest absolute Gasteiger partial charge is 0.165 e. The molecule has 0 spiro atoms. The summed E-state index contributed by atoms with van der Waals surface area (Å²) in [7, 11) is 12.3. The maximum absolute atomic E-state index is 13.5. The zero-order valence-corrected chi connectivity index (χ0v) is 15.2. The third-order valence-corrected chi connectivity index (χ3v) is 4.06. The Hall–Kier alpha value is -3.16. The van der Waals surface area contributed by atoms with Gasteiger partial charge in [-0.1, -0.05) is 0 Å². The van der Waals surface area contributed by atoms with Crippen molar-refractivity contribution >= 4 is 22.0 Å². The fourth-order valence-electron chi connectivity index (χ4n) is 2.74. The molecular formula is C18H15B2FN4O3. The highest BCUT2D eigenvalue weighted by molar-refractivity contribution is 6.39. The summed E-state index contributed by atoms with van der Waals surface area (Å²) in [6, 6.07) is 3.86. The number of hydrogen-bond donors (Lipinski definition) is 1. The standard InChI is InChI=1S/C18H15B2FN4O3/c1-10(2)25-14(5-6-24-25)16-12(7-22-9-23-16)18(19,20)28-15-4-3-13(21)17(27)11(15)8-26/h3-10,27H,1-2H3. The van der Waals surface area contributed by atoms with Crippen LogP contribution in [-0.4, -0.2) is 46.8 Å². The van der Waals surface area contributed by atoms with Crippen LogP contribution in [0.1, 0.15) is 35.8 Å². The largest absolute Gasteiger partial charge is 0.504 e. The first-order valence-corrected chi connectivity index (χ1v) is 8.34. The lowest BCUT2D eigenvalue weighted by atomic mass is 9.60. The molecule has 0 unspecified atom stereocenters. The Morgan fingerprint density at radius 2 is 2.07 bits per heavy atom. The number of aromatic nitrogens is 4. The fraction of sp³-hybridized carbons (Fsp3) is 0.222. The van der Waals surface area contributed by atoms with Crippen LogP contribution in [-0.2, 0) is 5.40 Å². The molecule has 2 aromatic heterocycles. The summed E-state index contributed by atoms with van der Waals surface area (Å²) in [6.07, 6.45) is 4.57. The number of phenolic OH excluding ortho intramolecular Hbond substituents is 1. The third-order valence-electron chi connectivity index (χ3n) is 4.06. The van der Waals surface area contributed by atoms with Crippen LogP contribution in [0.15, 0.2) is 36.9 Å². The van der Waals surface area contributed by atoms with Crippen molar-refractivity contribution in [3.05, 3.63) is 53.9 Å². The van der Waals surface area contributed by atoms with Crippen LogP contribution in [0.4, 0.5) is 4.39 Å². The molecule has 0 atom stereocenters. The highest BCUT2D eigenvalue weighted by Crippen LogP contribution is 2.35. The number of aldehydes is 1. The molecule has 0 saturated carbocycles. The second kappa shape index (κ2) is 7.46. The Kier molecular flexibility index (Phi) is 5.22. The number of nitrogens with zero attached hydrogens (tertiary/aromatic N) is 4. The molecule has 28 heavy (non-hydrogen) atoms. The monoisotopic (exact) mass is 376 g/mol. The fourth-order valence-corrected chi connectivity index (χ4v) is 2.74. The van der Waals surface area contributed by atoms with Crippen molar-refractivity contribution in [2.45, 2.75) is 25.3 Å². The summed E-state index contributed by atoms with van der Waals surface area (Å²) in [5.74, 6) is -2.02. The van der Waals surface area contributed by atoms with E-state index >= 15 is 0 Å². The van der Waals surface area contributed by atoms with Gasteiger partial charge in [0.1, 0.15) is 33.3 Å². The minimum absolute atomic E-state index is 0.0365. The van der Waals surface area contributed by atoms with E-state index in [1.165, 1.54) is 12.5 Å². The number of carbonyl (C=O) groups is 1. The molecule has 0 aliphatic heterocycles. The molecule has 0 amide bonds. The first kappa shape index (κ1) is 19.6. The van der Waals surface area contributed by atoms with Crippen molar-refractivity contribution < 1.29 is 19.0 Å². The zero-order valence-electron chi connectivity index (χ0n) is 15.2. The molecule has 0 aliphatic rings. The topological polar surface area (TPSA) is 90.1 Å². The quantitative estimate of drug-likeness (QED) is 0.524. The number of hydrogen-bond acceptors (Lipinski definition) is 6. The Morgan fingerprint density at radius 1 is 1.32 bits per heavy atom. The van der Waals surface area contributed by atoms with Crippen LogP contribution < -0.4 is 4.74 Å². The van der Waals surface area contributed by atoms with E-state index in [9.17, 15) is 14.3 Å². The molecule has 4 radical (unpaired) electrons. The van der Waals surface area contributed by atoms with E-state index in [-0.39, 0.29) is 23.6 Å². The second-order valence-electron chi connectivity index (χ2n) is 6.36. The molecule has 138 valence electrons. The molecule has 3 aromatic rings. The van der Waals surface area contributed by atoms with E-state index in [0.717, 1.165) is 12.1 Å². The average molecular weight is 376 g/mol. The van der Waals surface area contributed by atoms with Crippen LogP contribution in [0.5, 0.6) is 11.5 Å². The van der Waals surface area contributed by atoms with Gasteiger partial charge in [-0.25, -0.2) is 14.4 Å². The van der Waals surface area contributed by atoms with Gasteiger partial charge >= 0.3 is 0 Å². The molecule has 0 bridgehead atoms. The average Bonchev–Trinajstić information content (AvgIpc) is 3.15. The van der Waals surface area contributed by atoms with Gasteiger partial charge in [-0.15, -0.1) is 0 Å². The second-order valence-corrected chi connectivity index (χ2v) is 6.36. The van der Waals surface area contributed by atoms with Crippen molar-refractivity contribution in [2.24, 2.45) is 0 Å². The van der Waals surface area contributed by atoms with Crippen LogP contribution >= 0.6 is 0 Å². The molecule has 10 heteroatoms. The number of aromatic hydroxyl groups is 1. The normalized spacial score (nSPS) is 11.6. The maximum atomic E-state index is 13.5. The molecule has 0 saturated heterocycles. The van der Waals surface area contributed by atoms with E-state index in [0.29, 0.717) is 11.4 Å². The van der Waals surface area contributed by atoms with Crippen molar-refractivity contribution in [1.82, 2.24) is 19.7 Å². The third kappa shape index (κ3) is 3.49. The lowest BCUT2D eigenvalue weighted by Crippen LogP contribution is -2.35. The SMILES string of the molecule is [B]C([B])(Oc1ccc(F)c(O)c1C=O)c1cncnc1-c1ccnn1C(C)C. The van der Waals surface area contributed by atoms with Crippen molar-refractivity contribution in [1.29, 1.82) is 0 Å². The highest BCUT2D eigenvalue weighted by atomic mass is 19.1. The van der Waals surface area contributed by atoms with Gasteiger partial charge in [-0.3, -0.25) is 9.48 Å². The number of halogens is 1. The Bertz CT molecular complexity index is 1020. The predicted molar refractivity (Wildman–Crippen MR) is 101 cm³/mol. The lowest BCUT2D eigenvalue weighted by Gasteiger charge is -2.30. The minimum Gasteiger partial charge on any atom is -0.504 e. The number of benzene rings is 1. The first-order chi connectivity index (χ1) is 13.3. The Morgan fingerprint density at radius 3 is 2.75 bits per heavy atom. The Labute approximate surface area is 163 Å². The lowest BCUT2D eigenvalue weighted by molar-refractivity contribution is 0.111. The van der Waals surface area contributed by atoms with Crippen molar-refractivity contribution in [3.8, 4) is 22.9 Å². The molecule has 0 aliphatic carbocycles. The van der Waals surface area contributed by atoms with Crippen molar-refractivity contribution in [3.63, 3.8) is 0 Å². The van der Waals surface area contributed by atoms with Crippen LogP contribution in [0.2, 0.25) is 0 Å². The number of phenols is 1. The zero-order chi connectivity index (χ0) is 20.5. The number of ether oxygens (including phenoxy) is 1. The molecule has 2 heterocycles. The van der Waals surface area contributed by atoms with Crippen LogP contribution in [0.25, 0.3) is 11.4 Å². The summed E-state index contributed by atoms with van der Waals surface area (Å²) >= 11 is 0. The van der Waals surface area contributed by atoms with E-state index in [1.54, 1.807) is 16.9 Å². The van der Waals surface area contributed by atoms with E-state index in [4.69, 9.17) is 20.4 Å². The van der Waals surface area contributed by atoms with Crippen LogP contribution in [0.3, 0.4) is 0 Å².